The molecule has 2 aromatic rings. The molecule has 1 heterocycles. The highest BCUT2D eigenvalue weighted by Crippen LogP contribution is 2.39. The van der Waals surface area contributed by atoms with Gasteiger partial charge >= 0.3 is 0 Å². The third kappa shape index (κ3) is 2.86. The lowest BCUT2D eigenvalue weighted by atomic mass is 10.0. The van der Waals surface area contributed by atoms with Crippen molar-refractivity contribution in [3.05, 3.63) is 35.9 Å². The molecule has 1 aromatic heterocycles. The molecule has 1 aliphatic carbocycles. The first-order chi connectivity index (χ1) is 9.79. The summed E-state index contributed by atoms with van der Waals surface area (Å²) in [5.74, 6) is 0. The normalized spacial score (nSPS) is 17.9. The molecule has 106 valence electrons. The van der Waals surface area contributed by atoms with Crippen LogP contribution in [0.2, 0.25) is 0 Å². The van der Waals surface area contributed by atoms with Gasteiger partial charge in [-0.3, -0.25) is 0 Å². The molecule has 0 bridgehead atoms. The summed E-state index contributed by atoms with van der Waals surface area (Å²) in [5, 5.41) is 13.2. The van der Waals surface area contributed by atoms with E-state index >= 15 is 0 Å². The molecular formula is C14H19N5S. The van der Waals surface area contributed by atoms with Crippen molar-refractivity contribution in [2.45, 2.75) is 48.7 Å². The largest absolute Gasteiger partial charge is 0.323 e. The van der Waals surface area contributed by atoms with Gasteiger partial charge in [0.25, 0.3) is 0 Å². The molecule has 2 unspecified atom stereocenters. The molecular weight excluding hydrogens is 270 g/mol. The van der Waals surface area contributed by atoms with Gasteiger partial charge in [0.05, 0.1) is 6.04 Å². The number of hydrogen-bond acceptors (Lipinski definition) is 5. The Hall–Kier alpha value is -1.40. The van der Waals surface area contributed by atoms with Crippen molar-refractivity contribution in [3.63, 3.8) is 0 Å². The molecule has 0 aliphatic heterocycles. The van der Waals surface area contributed by atoms with Gasteiger partial charge in [-0.25, -0.2) is 4.68 Å². The number of rotatable bonds is 6. The average molecular weight is 289 g/mol. The highest BCUT2D eigenvalue weighted by atomic mass is 32.2. The first-order valence-electron chi connectivity index (χ1n) is 7.04. The zero-order valence-corrected chi connectivity index (χ0v) is 12.3. The monoisotopic (exact) mass is 289 g/mol. The third-order valence-corrected chi connectivity index (χ3v) is 5.01. The molecule has 2 atom stereocenters. The van der Waals surface area contributed by atoms with E-state index < -0.39 is 0 Å². The van der Waals surface area contributed by atoms with E-state index in [9.17, 15) is 0 Å². The predicted molar refractivity (Wildman–Crippen MR) is 79.4 cm³/mol. The van der Waals surface area contributed by atoms with Gasteiger partial charge in [-0.05, 0) is 35.3 Å². The van der Waals surface area contributed by atoms with E-state index in [1.54, 1.807) is 11.8 Å². The molecule has 0 saturated heterocycles. The van der Waals surface area contributed by atoms with Crippen LogP contribution in [0.5, 0.6) is 0 Å². The molecule has 1 aromatic carbocycles. The van der Waals surface area contributed by atoms with E-state index in [4.69, 9.17) is 5.73 Å². The molecule has 6 heteroatoms. The molecule has 2 N–H and O–H groups in total. The van der Waals surface area contributed by atoms with Gasteiger partial charge in [0, 0.05) is 11.3 Å². The lowest BCUT2D eigenvalue weighted by Crippen LogP contribution is -2.23. The molecule has 0 amide bonds. The van der Waals surface area contributed by atoms with Crippen LogP contribution >= 0.6 is 11.8 Å². The Morgan fingerprint density at radius 3 is 2.75 bits per heavy atom. The van der Waals surface area contributed by atoms with Crippen LogP contribution in [0, 0.1) is 0 Å². The second kappa shape index (κ2) is 5.93. The van der Waals surface area contributed by atoms with E-state index in [2.05, 4.69) is 34.6 Å². The quantitative estimate of drug-likeness (QED) is 0.828. The van der Waals surface area contributed by atoms with Gasteiger partial charge in [-0.2, -0.15) is 0 Å². The zero-order chi connectivity index (χ0) is 13.9. The van der Waals surface area contributed by atoms with Crippen molar-refractivity contribution < 1.29 is 0 Å². The van der Waals surface area contributed by atoms with Crippen LogP contribution in [0.4, 0.5) is 0 Å². The molecule has 0 spiro atoms. The Balaban J connectivity index is 1.74. The maximum atomic E-state index is 6.41. The molecule has 1 aliphatic rings. The van der Waals surface area contributed by atoms with Gasteiger partial charge in [0.2, 0.25) is 5.16 Å². The van der Waals surface area contributed by atoms with Crippen molar-refractivity contribution in [1.82, 2.24) is 20.2 Å². The number of aromatic nitrogens is 4. The first-order valence-corrected chi connectivity index (χ1v) is 7.92. The summed E-state index contributed by atoms with van der Waals surface area (Å²) in [6.45, 7) is 2.16. The van der Waals surface area contributed by atoms with E-state index in [1.165, 1.54) is 12.8 Å². The lowest BCUT2D eigenvalue weighted by molar-refractivity contribution is 0.561. The maximum absolute atomic E-state index is 6.41. The summed E-state index contributed by atoms with van der Waals surface area (Å²) in [4.78, 5) is 0. The summed E-state index contributed by atoms with van der Waals surface area (Å²) in [6, 6.07) is 10.7. The Bertz CT molecular complexity index is 552. The average Bonchev–Trinajstić information content (AvgIpc) is 3.24. The second-order valence-corrected chi connectivity index (χ2v) is 6.34. The van der Waals surface area contributed by atoms with Crippen molar-refractivity contribution in [3.8, 4) is 0 Å². The zero-order valence-electron chi connectivity index (χ0n) is 11.5. The highest BCUT2D eigenvalue weighted by Gasteiger charge is 2.30. The molecule has 0 radical (unpaired) electrons. The van der Waals surface area contributed by atoms with Gasteiger partial charge in [-0.1, -0.05) is 49.0 Å². The van der Waals surface area contributed by atoms with Crippen LogP contribution in [0.25, 0.3) is 0 Å². The van der Waals surface area contributed by atoms with Gasteiger partial charge in [-0.15, -0.1) is 5.10 Å². The van der Waals surface area contributed by atoms with Gasteiger partial charge in [0.15, 0.2) is 0 Å². The predicted octanol–water partition coefficient (Wildman–Crippen LogP) is 2.58. The Labute approximate surface area is 122 Å². The minimum Gasteiger partial charge on any atom is -0.323 e. The standard InChI is InChI=1S/C14H19N5S/c1-2-12(13(15)10-6-4-3-5-7-10)20-14-16-17-18-19(14)11-8-9-11/h3-7,11-13H,2,8-9,15H2,1H3. The minimum absolute atomic E-state index is 0.00412. The fourth-order valence-electron chi connectivity index (χ4n) is 2.25. The van der Waals surface area contributed by atoms with Crippen LogP contribution < -0.4 is 5.73 Å². The number of nitrogens with two attached hydrogens (primary N) is 1. The molecule has 5 nitrogen and oxygen atoms in total. The van der Waals surface area contributed by atoms with Crippen molar-refractivity contribution in [2.24, 2.45) is 5.73 Å². The number of tetrazole rings is 1. The van der Waals surface area contributed by atoms with Crippen LogP contribution in [-0.4, -0.2) is 25.5 Å². The fourth-order valence-corrected chi connectivity index (χ4v) is 3.37. The van der Waals surface area contributed by atoms with Crippen molar-refractivity contribution >= 4 is 11.8 Å². The highest BCUT2D eigenvalue weighted by molar-refractivity contribution is 7.99. The van der Waals surface area contributed by atoms with Crippen LogP contribution in [0.3, 0.4) is 0 Å². The second-order valence-electron chi connectivity index (χ2n) is 5.14. The number of thioether (sulfide) groups is 1. The fraction of sp³-hybridized carbons (Fsp3) is 0.500. The smallest absolute Gasteiger partial charge is 0.209 e. The molecule has 1 fully saturated rings. The Kier molecular flexibility index (Phi) is 4.03. The topological polar surface area (TPSA) is 69.6 Å². The third-order valence-electron chi connectivity index (χ3n) is 3.60. The van der Waals surface area contributed by atoms with Crippen LogP contribution in [0.15, 0.2) is 35.5 Å². The van der Waals surface area contributed by atoms with Gasteiger partial charge < -0.3 is 5.73 Å². The molecule has 20 heavy (non-hydrogen) atoms. The summed E-state index contributed by atoms with van der Waals surface area (Å²) in [5.41, 5.74) is 7.57. The van der Waals surface area contributed by atoms with E-state index in [1.807, 2.05) is 22.9 Å². The summed E-state index contributed by atoms with van der Waals surface area (Å²) in [7, 11) is 0. The van der Waals surface area contributed by atoms with Gasteiger partial charge in [0.1, 0.15) is 0 Å². The number of nitrogens with zero attached hydrogens (tertiary/aromatic N) is 4. The van der Waals surface area contributed by atoms with E-state index in [-0.39, 0.29) is 11.3 Å². The summed E-state index contributed by atoms with van der Waals surface area (Å²) < 4.78 is 1.95. The number of benzene rings is 1. The SMILES string of the molecule is CCC(Sc1nnnn1C1CC1)C(N)c1ccccc1. The number of hydrogen-bond donors (Lipinski definition) is 1. The maximum Gasteiger partial charge on any atom is 0.209 e. The first kappa shape index (κ1) is 13.6. The van der Waals surface area contributed by atoms with E-state index in [0.29, 0.717) is 6.04 Å². The summed E-state index contributed by atoms with van der Waals surface area (Å²) >= 11 is 1.70. The van der Waals surface area contributed by atoms with Crippen molar-refractivity contribution in [2.75, 3.05) is 0 Å². The minimum atomic E-state index is -0.00412. The van der Waals surface area contributed by atoms with Crippen molar-refractivity contribution in [1.29, 1.82) is 0 Å². The Morgan fingerprint density at radius 2 is 2.10 bits per heavy atom. The van der Waals surface area contributed by atoms with Crippen LogP contribution in [0.1, 0.15) is 43.8 Å². The summed E-state index contributed by atoms with van der Waals surface area (Å²) in [6.07, 6.45) is 3.35. The molecule has 3 rings (SSSR count). The van der Waals surface area contributed by atoms with E-state index in [0.717, 1.165) is 17.1 Å². The van der Waals surface area contributed by atoms with Crippen LogP contribution in [-0.2, 0) is 0 Å². The molecule has 1 saturated carbocycles. The lowest BCUT2D eigenvalue weighted by Gasteiger charge is -2.21. The Morgan fingerprint density at radius 1 is 1.35 bits per heavy atom.